The van der Waals surface area contributed by atoms with E-state index in [0.29, 0.717) is 12.3 Å². The number of para-hydroxylation sites is 1. The zero-order valence-electron chi connectivity index (χ0n) is 16.0. The molecular formula is C22H22N2O4S. The van der Waals surface area contributed by atoms with Gasteiger partial charge in [0.1, 0.15) is 5.75 Å². The largest absolute Gasteiger partial charge is 0.482 e. The standard InChI is InChI=1S/C22H22N2O4S/c1-24(13-17-11-12-29-16-17)21(25)14-28-22(26)15-27-20-9-7-19(8-10-20)23-18-5-3-2-4-6-18/h2-12,16,23H,13-15H2,1H3. The maximum Gasteiger partial charge on any atom is 0.344 e. The summed E-state index contributed by atoms with van der Waals surface area (Å²) in [6.07, 6.45) is 0. The van der Waals surface area contributed by atoms with Crippen LogP contribution in [0.2, 0.25) is 0 Å². The fourth-order valence-electron chi connectivity index (χ4n) is 2.50. The van der Waals surface area contributed by atoms with Gasteiger partial charge in [0.15, 0.2) is 13.2 Å². The summed E-state index contributed by atoms with van der Waals surface area (Å²) in [5, 5.41) is 7.20. The number of thiophene rings is 1. The summed E-state index contributed by atoms with van der Waals surface area (Å²) in [6, 6.07) is 19.0. The van der Waals surface area contributed by atoms with Gasteiger partial charge in [-0.05, 0) is 58.8 Å². The first kappa shape index (κ1) is 20.4. The number of hydrogen-bond donors (Lipinski definition) is 1. The Bertz CT molecular complexity index is 912. The van der Waals surface area contributed by atoms with Crippen LogP contribution in [0, 0.1) is 0 Å². The van der Waals surface area contributed by atoms with Crippen LogP contribution in [0.4, 0.5) is 11.4 Å². The van der Waals surface area contributed by atoms with Gasteiger partial charge in [0, 0.05) is 25.0 Å². The summed E-state index contributed by atoms with van der Waals surface area (Å²) < 4.78 is 10.4. The van der Waals surface area contributed by atoms with Crippen LogP contribution in [0.1, 0.15) is 5.56 Å². The van der Waals surface area contributed by atoms with Crippen molar-refractivity contribution in [3.8, 4) is 5.75 Å². The fraction of sp³-hybridized carbons (Fsp3) is 0.182. The highest BCUT2D eigenvalue weighted by Gasteiger charge is 2.13. The number of nitrogens with zero attached hydrogens (tertiary/aromatic N) is 1. The predicted molar refractivity (Wildman–Crippen MR) is 113 cm³/mol. The summed E-state index contributed by atoms with van der Waals surface area (Å²) in [5.74, 6) is -0.309. The Kier molecular flexibility index (Phi) is 7.24. The molecule has 29 heavy (non-hydrogen) atoms. The van der Waals surface area contributed by atoms with E-state index in [4.69, 9.17) is 9.47 Å². The van der Waals surface area contributed by atoms with Gasteiger partial charge in [-0.25, -0.2) is 4.79 Å². The van der Waals surface area contributed by atoms with Gasteiger partial charge in [-0.3, -0.25) is 4.79 Å². The lowest BCUT2D eigenvalue weighted by Crippen LogP contribution is -2.31. The molecule has 0 spiro atoms. The highest BCUT2D eigenvalue weighted by Crippen LogP contribution is 2.19. The zero-order chi connectivity index (χ0) is 20.5. The molecule has 1 amide bonds. The molecule has 1 heterocycles. The minimum atomic E-state index is -0.589. The molecule has 0 aliphatic carbocycles. The molecule has 0 aliphatic rings. The third-order valence-corrected chi connectivity index (χ3v) is 4.79. The summed E-state index contributed by atoms with van der Waals surface area (Å²) >= 11 is 1.57. The predicted octanol–water partition coefficient (Wildman–Crippen LogP) is 4.07. The molecule has 0 saturated heterocycles. The van der Waals surface area contributed by atoms with Gasteiger partial charge in [0.2, 0.25) is 0 Å². The Morgan fingerprint density at radius 2 is 1.69 bits per heavy atom. The lowest BCUT2D eigenvalue weighted by Gasteiger charge is -2.16. The molecule has 3 aromatic rings. The number of hydrogen-bond acceptors (Lipinski definition) is 6. The van der Waals surface area contributed by atoms with Crippen molar-refractivity contribution < 1.29 is 19.1 Å². The number of esters is 1. The molecule has 6 nitrogen and oxygen atoms in total. The van der Waals surface area contributed by atoms with Gasteiger partial charge < -0.3 is 19.7 Å². The molecule has 0 radical (unpaired) electrons. The van der Waals surface area contributed by atoms with Crippen molar-refractivity contribution in [2.75, 3.05) is 25.6 Å². The fourth-order valence-corrected chi connectivity index (χ4v) is 3.16. The number of nitrogens with one attached hydrogen (secondary N) is 1. The molecule has 150 valence electrons. The van der Waals surface area contributed by atoms with Gasteiger partial charge in [-0.2, -0.15) is 11.3 Å². The smallest absolute Gasteiger partial charge is 0.344 e. The van der Waals surface area contributed by atoms with Crippen LogP contribution in [0.15, 0.2) is 71.4 Å². The maximum absolute atomic E-state index is 12.0. The van der Waals surface area contributed by atoms with Gasteiger partial charge >= 0.3 is 5.97 Å². The van der Waals surface area contributed by atoms with Crippen molar-refractivity contribution in [3.63, 3.8) is 0 Å². The number of amides is 1. The third kappa shape index (κ3) is 6.65. The summed E-state index contributed by atoms with van der Waals surface area (Å²) in [5.41, 5.74) is 2.94. The monoisotopic (exact) mass is 410 g/mol. The second-order valence-electron chi connectivity index (χ2n) is 6.35. The zero-order valence-corrected chi connectivity index (χ0v) is 16.9. The highest BCUT2D eigenvalue weighted by atomic mass is 32.1. The number of likely N-dealkylation sites (N-methyl/N-ethyl adjacent to an activating group) is 1. The molecule has 1 N–H and O–H groups in total. The van der Waals surface area contributed by atoms with Gasteiger partial charge in [-0.15, -0.1) is 0 Å². The highest BCUT2D eigenvalue weighted by molar-refractivity contribution is 7.07. The molecule has 0 aliphatic heterocycles. The number of anilines is 2. The SMILES string of the molecule is CN(Cc1ccsc1)C(=O)COC(=O)COc1ccc(Nc2ccccc2)cc1. The molecule has 0 atom stereocenters. The van der Waals surface area contributed by atoms with Crippen LogP contribution in [0.3, 0.4) is 0 Å². The number of ether oxygens (including phenoxy) is 2. The number of rotatable bonds is 9. The van der Waals surface area contributed by atoms with E-state index in [1.54, 1.807) is 30.5 Å². The summed E-state index contributed by atoms with van der Waals surface area (Å²) in [6.45, 7) is -0.0739. The minimum Gasteiger partial charge on any atom is -0.482 e. The molecule has 0 fully saturated rings. The van der Waals surface area contributed by atoms with Crippen molar-refractivity contribution in [1.82, 2.24) is 4.90 Å². The van der Waals surface area contributed by atoms with Crippen LogP contribution in [0.25, 0.3) is 0 Å². The van der Waals surface area contributed by atoms with Crippen LogP contribution in [0.5, 0.6) is 5.75 Å². The van der Waals surface area contributed by atoms with E-state index >= 15 is 0 Å². The molecule has 0 saturated carbocycles. The van der Waals surface area contributed by atoms with E-state index in [-0.39, 0.29) is 19.1 Å². The molecule has 1 aromatic heterocycles. The average molecular weight is 410 g/mol. The van der Waals surface area contributed by atoms with Gasteiger partial charge in [-0.1, -0.05) is 18.2 Å². The molecular weight excluding hydrogens is 388 g/mol. The lowest BCUT2D eigenvalue weighted by atomic mass is 10.2. The van der Waals surface area contributed by atoms with Crippen LogP contribution in [-0.4, -0.2) is 37.0 Å². The second kappa shape index (κ2) is 10.3. The Morgan fingerprint density at radius 1 is 0.966 bits per heavy atom. The lowest BCUT2D eigenvalue weighted by molar-refractivity contribution is -0.153. The van der Waals surface area contributed by atoms with E-state index in [2.05, 4.69) is 5.32 Å². The third-order valence-electron chi connectivity index (χ3n) is 4.06. The number of carbonyl (C=O) groups is 2. The van der Waals surface area contributed by atoms with E-state index in [1.165, 1.54) is 4.90 Å². The van der Waals surface area contributed by atoms with Crippen LogP contribution in [-0.2, 0) is 20.9 Å². The summed E-state index contributed by atoms with van der Waals surface area (Å²) in [7, 11) is 1.68. The van der Waals surface area contributed by atoms with E-state index in [0.717, 1.165) is 16.9 Å². The van der Waals surface area contributed by atoms with E-state index < -0.39 is 5.97 Å². The van der Waals surface area contributed by atoms with E-state index in [9.17, 15) is 9.59 Å². The van der Waals surface area contributed by atoms with Crippen LogP contribution < -0.4 is 10.1 Å². The maximum atomic E-state index is 12.0. The molecule has 0 bridgehead atoms. The Morgan fingerprint density at radius 3 is 2.38 bits per heavy atom. The molecule has 3 rings (SSSR count). The van der Waals surface area contributed by atoms with E-state index in [1.807, 2.05) is 59.3 Å². The van der Waals surface area contributed by atoms with Crippen molar-refractivity contribution >= 4 is 34.6 Å². The van der Waals surface area contributed by atoms with Crippen molar-refractivity contribution in [2.24, 2.45) is 0 Å². The Labute approximate surface area is 173 Å². The first-order chi connectivity index (χ1) is 14.1. The minimum absolute atomic E-state index is 0.257. The van der Waals surface area contributed by atoms with Crippen molar-refractivity contribution in [3.05, 3.63) is 77.0 Å². The van der Waals surface area contributed by atoms with Crippen molar-refractivity contribution in [1.29, 1.82) is 0 Å². The molecule has 2 aromatic carbocycles. The number of carbonyl (C=O) groups excluding carboxylic acids is 2. The Hall–Kier alpha value is -3.32. The first-order valence-electron chi connectivity index (χ1n) is 9.06. The van der Waals surface area contributed by atoms with Crippen molar-refractivity contribution in [2.45, 2.75) is 6.54 Å². The Balaban J connectivity index is 1.38. The molecule has 7 heteroatoms. The topological polar surface area (TPSA) is 67.9 Å². The normalized spacial score (nSPS) is 10.2. The van der Waals surface area contributed by atoms with Gasteiger partial charge in [0.25, 0.3) is 5.91 Å². The average Bonchev–Trinajstić information content (AvgIpc) is 3.25. The van der Waals surface area contributed by atoms with Crippen LogP contribution >= 0.6 is 11.3 Å². The quantitative estimate of drug-likeness (QED) is 0.539. The summed E-state index contributed by atoms with van der Waals surface area (Å²) in [4.78, 5) is 25.4. The molecule has 0 unspecified atom stereocenters. The number of benzene rings is 2. The second-order valence-corrected chi connectivity index (χ2v) is 7.13. The first-order valence-corrected chi connectivity index (χ1v) is 10.00. The van der Waals surface area contributed by atoms with Gasteiger partial charge in [0.05, 0.1) is 0 Å².